The van der Waals surface area contributed by atoms with Gasteiger partial charge in [0, 0.05) is 5.75 Å². The molecule has 1 aromatic heterocycles. The molecule has 7 heteroatoms. The van der Waals surface area contributed by atoms with Gasteiger partial charge in [-0.3, -0.25) is 9.69 Å². The minimum Gasteiger partial charge on any atom is -0.462 e. The molecule has 2 aliphatic rings. The fourth-order valence-corrected chi connectivity index (χ4v) is 5.62. The van der Waals surface area contributed by atoms with Crippen LogP contribution in [0, 0.1) is 0 Å². The summed E-state index contributed by atoms with van der Waals surface area (Å²) in [6.45, 7) is 4.51. The Morgan fingerprint density at radius 1 is 1.26 bits per heavy atom. The molecule has 0 bridgehead atoms. The number of anilines is 1. The summed E-state index contributed by atoms with van der Waals surface area (Å²) in [6, 6.07) is 0. The summed E-state index contributed by atoms with van der Waals surface area (Å²) in [6.07, 6.45) is 4.43. The maximum atomic E-state index is 12.3. The lowest BCUT2D eigenvalue weighted by atomic mass is 10.1. The van der Waals surface area contributed by atoms with Gasteiger partial charge in [0.25, 0.3) is 0 Å². The Morgan fingerprint density at radius 2 is 2.04 bits per heavy atom. The van der Waals surface area contributed by atoms with Crippen molar-refractivity contribution < 1.29 is 14.3 Å². The Morgan fingerprint density at radius 3 is 2.78 bits per heavy atom. The number of hydrogen-bond acceptors (Lipinski definition) is 6. The minimum absolute atomic E-state index is 0.0395. The van der Waals surface area contributed by atoms with Crippen molar-refractivity contribution in [1.82, 2.24) is 4.90 Å². The maximum Gasteiger partial charge on any atom is 0.341 e. The number of carbonyl (C=O) groups is 2. The first kappa shape index (κ1) is 16.8. The SMILES string of the molecule is CCOC(=O)c1c(NC(=O)CN2CCCCC2)sc2c1CCS2. The van der Waals surface area contributed by atoms with Gasteiger partial charge in [0.1, 0.15) is 5.00 Å². The van der Waals surface area contributed by atoms with E-state index < -0.39 is 0 Å². The summed E-state index contributed by atoms with van der Waals surface area (Å²) in [5, 5.41) is 3.61. The van der Waals surface area contributed by atoms with E-state index in [0.29, 0.717) is 23.7 Å². The molecule has 1 saturated heterocycles. The highest BCUT2D eigenvalue weighted by Gasteiger charge is 2.29. The highest BCUT2D eigenvalue weighted by atomic mass is 32.2. The molecular weight excluding hydrogens is 332 g/mol. The van der Waals surface area contributed by atoms with E-state index in [1.165, 1.54) is 17.8 Å². The van der Waals surface area contributed by atoms with E-state index in [-0.39, 0.29) is 11.9 Å². The Kier molecular flexibility index (Phi) is 5.61. The quantitative estimate of drug-likeness (QED) is 0.824. The van der Waals surface area contributed by atoms with Gasteiger partial charge in [-0.15, -0.1) is 23.1 Å². The van der Waals surface area contributed by atoms with Gasteiger partial charge in [0.15, 0.2) is 0 Å². The van der Waals surface area contributed by atoms with Crippen molar-refractivity contribution in [3.63, 3.8) is 0 Å². The average molecular weight is 354 g/mol. The van der Waals surface area contributed by atoms with Crippen molar-refractivity contribution in [3.05, 3.63) is 11.1 Å². The zero-order chi connectivity index (χ0) is 16.2. The predicted molar refractivity (Wildman–Crippen MR) is 93.6 cm³/mol. The first-order chi connectivity index (χ1) is 11.2. The van der Waals surface area contributed by atoms with E-state index in [2.05, 4.69) is 10.2 Å². The molecule has 3 heterocycles. The van der Waals surface area contributed by atoms with Crippen molar-refractivity contribution in [2.24, 2.45) is 0 Å². The van der Waals surface area contributed by atoms with Crippen LogP contribution < -0.4 is 5.32 Å². The summed E-state index contributed by atoms with van der Waals surface area (Å²) in [4.78, 5) is 26.8. The average Bonchev–Trinajstić information content (AvgIpc) is 3.08. The molecule has 126 valence electrons. The van der Waals surface area contributed by atoms with Crippen LogP contribution in [0.5, 0.6) is 0 Å². The molecule has 0 aromatic carbocycles. The lowest BCUT2D eigenvalue weighted by Gasteiger charge is -2.25. The summed E-state index contributed by atoms with van der Waals surface area (Å²) < 4.78 is 6.32. The molecule has 1 aromatic rings. The number of fused-ring (bicyclic) bond motifs is 1. The molecule has 1 amide bonds. The van der Waals surface area contributed by atoms with Gasteiger partial charge in [-0.05, 0) is 44.8 Å². The van der Waals surface area contributed by atoms with E-state index in [1.54, 1.807) is 18.7 Å². The van der Waals surface area contributed by atoms with Crippen molar-refractivity contribution in [1.29, 1.82) is 0 Å². The second-order valence-corrected chi connectivity index (χ2v) is 8.16. The van der Waals surface area contributed by atoms with Crippen LogP contribution in [0.3, 0.4) is 0 Å². The largest absolute Gasteiger partial charge is 0.462 e. The Hall–Kier alpha value is -1.05. The molecule has 1 N–H and O–H groups in total. The second kappa shape index (κ2) is 7.68. The topological polar surface area (TPSA) is 58.6 Å². The van der Waals surface area contributed by atoms with Gasteiger partial charge in [0.05, 0.1) is 22.9 Å². The van der Waals surface area contributed by atoms with Crippen LogP contribution in [0.15, 0.2) is 4.21 Å². The number of thioether (sulfide) groups is 1. The van der Waals surface area contributed by atoms with Crippen LogP contribution >= 0.6 is 23.1 Å². The monoisotopic (exact) mass is 354 g/mol. The number of amides is 1. The number of hydrogen-bond donors (Lipinski definition) is 1. The molecule has 5 nitrogen and oxygen atoms in total. The van der Waals surface area contributed by atoms with Crippen LogP contribution in [0.4, 0.5) is 5.00 Å². The third-order valence-corrected chi connectivity index (χ3v) is 6.57. The number of nitrogens with zero attached hydrogens (tertiary/aromatic N) is 1. The molecule has 0 unspecified atom stereocenters. The molecule has 0 spiro atoms. The van der Waals surface area contributed by atoms with Gasteiger partial charge in [-0.1, -0.05) is 6.42 Å². The summed E-state index contributed by atoms with van der Waals surface area (Å²) in [5.41, 5.74) is 1.62. The van der Waals surface area contributed by atoms with Crippen molar-refractivity contribution in [2.45, 2.75) is 36.8 Å². The van der Waals surface area contributed by atoms with E-state index in [4.69, 9.17) is 4.74 Å². The number of rotatable bonds is 5. The van der Waals surface area contributed by atoms with Crippen molar-refractivity contribution in [3.8, 4) is 0 Å². The highest BCUT2D eigenvalue weighted by molar-refractivity contribution is 8.01. The normalized spacial score (nSPS) is 17.8. The molecule has 0 radical (unpaired) electrons. The Labute approximate surface area is 144 Å². The van der Waals surface area contributed by atoms with Crippen LogP contribution in [0.2, 0.25) is 0 Å². The van der Waals surface area contributed by atoms with Gasteiger partial charge < -0.3 is 10.1 Å². The zero-order valence-electron chi connectivity index (χ0n) is 13.4. The van der Waals surface area contributed by atoms with Crippen LogP contribution in [0.25, 0.3) is 0 Å². The van der Waals surface area contributed by atoms with E-state index in [1.807, 2.05) is 0 Å². The molecule has 23 heavy (non-hydrogen) atoms. The molecule has 1 fully saturated rings. The number of likely N-dealkylation sites (tertiary alicyclic amines) is 1. The van der Waals surface area contributed by atoms with Crippen molar-refractivity contribution >= 4 is 40.0 Å². The number of esters is 1. The van der Waals surface area contributed by atoms with Gasteiger partial charge in [0.2, 0.25) is 5.91 Å². The lowest BCUT2D eigenvalue weighted by Crippen LogP contribution is -2.36. The molecular formula is C16H22N2O3S2. The zero-order valence-corrected chi connectivity index (χ0v) is 15.0. The van der Waals surface area contributed by atoms with Gasteiger partial charge in [-0.2, -0.15) is 0 Å². The number of nitrogens with one attached hydrogen (secondary N) is 1. The van der Waals surface area contributed by atoms with Crippen LogP contribution in [-0.2, 0) is 16.0 Å². The third-order valence-electron chi connectivity index (χ3n) is 4.10. The van der Waals surface area contributed by atoms with Crippen molar-refractivity contribution in [2.75, 3.05) is 37.3 Å². The van der Waals surface area contributed by atoms with Crippen LogP contribution in [0.1, 0.15) is 42.1 Å². The number of piperidine rings is 1. The smallest absolute Gasteiger partial charge is 0.341 e. The molecule has 3 rings (SSSR count). The third kappa shape index (κ3) is 3.89. The molecule has 0 atom stereocenters. The minimum atomic E-state index is -0.319. The predicted octanol–water partition coefficient (Wildman–Crippen LogP) is 3.00. The summed E-state index contributed by atoms with van der Waals surface area (Å²) in [7, 11) is 0. The molecule has 2 aliphatic heterocycles. The van der Waals surface area contributed by atoms with Gasteiger partial charge >= 0.3 is 5.97 Å². The molecule has 0 aliphatic carbocycles. The standard InChI is InChI=1S/C16H22N2O3S2/c1-2-21-15(20)13-11-6-9-22-16(11)23-14(13)17-12(19)10-18-7-4-3-5-8-18/h2-10H2,1H3,(H,17,19). The Balaban J connectivity index is 1.71. The number of ether oxygens (including phenoxy) is 1. The fourth-order valence-electron chi connectivity index (χ4n) is 3.03. The van der Waals surface area contributed by atoms with E-state index >= 15 is 0 Å². The lowest BCUT2D eigenvalue weighted by molar-refractivity contribution is -0.117. The number of thiophene rings is 1. The highest BCUT2D eigenvalue weighted by Crippen LogP contribution is 2.45. The molecule has 0 saturated carbocycles. The first-order valence-electron chi connectivity index (χ1n) is 8.16. The fraction of sp³-hybridized carbons (Fsp3) is 0.625. The maximum absolute atomic E-state index is 12.3. The van der Waals surface area contributed by atoms with Crippen LogP contribution in [-0.4, -0.2) is 48.8 Å². The first-order valence-corrected chi connectivity index (χ1v) is 9.97. The second-order valence-electron chi connectivity index (χ2n) is 5.78. The van der Waals surface area contributed by atoms with Gasteiger partial charge in [-0.25, -0.2) is 4.79 Å². The summed E-state index contributed by atoms with van der Waals surface area (Å²) >= 11 is 3.25. The van der Waals surface area contributed by atoms with E-state index in [9.17, 15) is 9.59 Å². The Bertz CT molecular complexity index is 594. The summed E-state index contributed by atoms with van der Waals surface area (Å²) in [5.74, 6) is 0.637. The number of carbonyl (C=O) groups excluding carboxylic acids is 2. The van der Waals surface area contributed by atoms with E-state index in [0.717, 1.165) is 47.9 Å².